The number of likely N-dealkylation sites (N-methyl/N-ethyl adjacent to an activating group) is 1. The fraction of sp³-hybridized carbons (Fsp3) is 0.368. The molecule has 0 aromatic carbocycles. The van der Waals surface area contributed by atoms with E-state index >= 15 is 0 Å². The van der Waals surface area contributed by atoms with Crippen molar-refractivity contribution in [1.82, 2.24) is 24.7 Å². The van der Waals surface area contributed by atoms with E-state index in [-0.39, 0.29) is 11.3 Å². The van der Waals surface area contributed by atoms with Crippen LogP contribution in [0, 0.1) is 18.7 Å². The smallest absolute Gasteiger partial charge is 0.275 e. The standard InChI is InChI=1S/C19H22FN7O/c1-11-7-26(10-16(11)21-3)17-6-22-15(5-23-17)19(28)25-13-4-14(20)18-24-12(2)8-27(18)9-13/h4-6,8-9,11,16,21H,7,10H2,1-3H3,(H,25,28)/t11-,16+/m0/s1. The Morgan fingerprint density at radius 3 is 2.75 bits per heavy atom. The van der Waals surface area contributed by atoms with E-state index in [0.29, 0.717) is 23.3 Å². The lowest BCUT2D eigenvalue weighted by atomic mass is 10.1. The highest BCUT2D eigenvalue weighted by Gasteiger charge is 2.29. The number of rotatable bonds is 4. The summed E-state index contributed by atoms with van der Waals surface area (Å²) < 4.78 is 15.7. The second kappa shape index (κ2) is 7.16. The van der Waals surface area contributed by atoms with Crippen LogP contribution >= 0.6 is 0 Å². The maximum Gasteiger partial charge on any atom is 0.275 e. The zero-order valence-electron chi connectivity index (χ0n) is 16.0. The summed E-state index contributed by atoms with van der Waals surface area (Å²) in [7, 11) is 1.95. The third-order valence-corrected chi connectivity index (χ3v) is 5.06. The summed E-state index contributed by atoms with van der Waals surface area (Å²) in [5.74, 6) is 0.293. The first-order chi connectivity index (χ1) is 13.4. The van der Waals surface area contributed by atoms with E-state index in [1.54, 1.807) is 29.9 Å². The van der Waals surface area contributed by atoms with Crippen molar-refractivity contribution in [3.05, 3.63) is 48.1 Å². The number of aromatic nitrogens is 4. The lowest BCUT2D eigenvalue weighted by molar-refractivity contribution is 0.102. The number of carbonyl (C=O) groups is 1. The molecule has 146 valence electrons. The maximum absolute atomic E-state index is 14.2. The molecule has 4 heterocycles. The highest BCUT2D eigenvalue weighted by Crippen LogP contribution is 2.22. The van der Waals surface area contributed by atoms with Gasteiger partial charge in [-0.2, -0.15) is 0 Å². The average Bonchev–Trinajstić information content (AvgIpc) is 3.24. The number of hydrogen-bond acceptors (Lipinski definition) is 6. The minimum Gasteiger partial charge on any atom is -0.353 e. The molecular weight excluding hydrogens is 361 g/mol. The zero-order chi connectivity index (χ0) is 19.8. The summed E-state index contributed by atoms with van der Waals surface area (Å²) in [6.07, 6.45) is 6.35. The molecule has 0 saturated carbocycles. The molecule has 1 fully saturated rings. The van der Waals surface area contributed by atoms with Crippen molar-refractivity contribution < 1.29 is 9.18 Å². The number of carbonyl (C=O) groups excluding carboxylic acids is 1. The molecule has 1 aliphatic rings. The molecule has 2 N–H and O–H groups in total. The lowest BCUT2D eigenvalue weighted by Gasteiger charge is -2.16. The number of pyridine rings is 1. The Labute approximate surface area is 161 Å². The maximum atomic E-state index is 14.2. The van der Waals surface area contributed by atoms with Crippen LogP contribution in [-0.4, -0.2) is 51.4 Å². The van der Waals surface area contributed by atoms with Crippen molar-refractivity contribution in [3.63, 3.8) is 0 Å². The Balaban J connectivity index is 1.48. The van der Waals surface area contributed by atoms with Crippen LogP contribution in [-0.2, 0) is 0 Å². The molecule has 4 rings (SSSR count). The molecule has 0 unspecified atom stereocenters. The topological polar surface area (TPSA) is 87.5 Å². The molecule has 2 atom stereocenters. The van der Waals surface area contributed by atoms with E-state index in [2.05, 4.69) is 37.4 Å². The summed E-state index contributed by atoms with van der Waals surface area (Å²) in [6.45, 7) is 5.70. The molecule has 0 aliphatic carbocycles. The number of nitrogens with zero attached hydrogens (tertiary/aromatic N) is 5. The van der Waals surface area contributed by atoms with Gasteiger partial charge in [0.15, 0.2) is 11.5 Å². The van der Waals surface area contributed by atoms with Crippen molar-refractivity contribution in [1.29, 1.82) is 0 Å². The van der Waals surface area contributed by atoms with Crippen LogP contribution < -0.4 is 15.5 Å². The Bertz CT molecular complexity index is 1020. The van der Waals surface area contributed by atoms with Gasteiger partial charge in [-0.15, -0.1) is 0 Å². The van der Waals surface area contributed by atoms with Crippen LogP contribution in [0.1, 0.15) is 23.1 Å². The molecule has 3 aromatic heterocycles. The molecular formula is C19H22FN7O. The van der Waals surface area contributed by atoms with Crippen LogP contribution in [0.2, 0.25) is 0 Å². The third-order valence-electron chi connectivity index (χ3n) is 5.06. The second-order valence-corrected chi connectivity index (χ2v) is 7.18. The van der Waals surface area contributed by atoms with Gasteiger partial charge in [0.25, 0.3) is 5.91 Å². The first-order valence-electron chi connectivity index (χ1n) is 9.15. The van der Waals surface area contributed by atoms with Crippen molar-refractivity contribution in [2.45, 2.75) is 19.9 Å². The molecule has 0 spiro atoms. The van der Waals surface area contributed by atoms with E-state index in [9.17, 15) is 9.18 Å². The number of imidazole rings is 1. The van der Waals surface area contributed by atoms with Gasteiger partial charge in [0.05, 0.1) is 23.8 Å². The van der Waals surface area contributed by atoms with Crippen LogP contribution in [0.3, 0.4) is 0 Å². The molecule has 9 heteroatoms. The van der Waals surface area contributed by atoms with Crippen molar-refractivity contribution in [2.75, 3.05) is 30.4 Å². The predicted molar refractivity (Wildman–Crippen MR) is 104 cm³/mol. The van der Waals surface area contributed by atoms with Gasteiger partial charge in [-0.05, 0) is 19.9 Å². The average molecular weight is 383 g/mol. The molecule has 8 nitrogen and oxygen atoms in total. The van der Waals surface area contributed by atoms with Gasteiger partial charge < -0.3 is 19.9 Å². The van der Waals surface area contributed by atoms with Crippen molar-refractivity contribution in [3.8, 4) is 0 Å². The van der Waals surface area contributed by atoms with E-state index in [1.165, 1.54) is 12.3 Å². The van der Waals surface area contributed by atoms with Gasteiger partial charge in [-0.3, -0.25) is 4.79 Å². The number of anilines is 2. The minimum atomic E-state index is -0.505. The molecule has 1 aliphatic heterocycles. The van der Waals surface area contributed by atoms with Crippen LogP contribution in [0.5, 0.6) is 0 Å². The normalized spacial score (nSPS) is 19.4. The fourth-order valence-corrected chi connectivity index (χ4v) is 3.57. The summed E-state index contributed by atoms with van der Waals surface area (Å²) in [6, 6.07) is 1.65. The number of aryl methyl sites for hydroxylation is 1. The lowest BCUT2D eigenvalue weighted by Crippen LogP contribution is -2.32. The zero-order valence-corrected chi connectivity index (χ0v) is 16.0. The highest BCUT2D eigenvalue weighted by atomic mass is 19.1. The number of fused-ring (bicyclic) bond motifs is 1. The molecule has 1 amide bonds. The summed E-state index contributed by atoms with van der Waals surface area (Å²) in [4.78, 5) is 27.3. The number of hydrogen-bond donors (Lipinski definition) is 2. The Kier molecular flexibility index (Phi) is 4.68. The summed E-state index contributed by atoms with van der Waals surface area (Å²) >= 11 is 0. The number of halogens is 1. The van der Waals surface area contributed by atoms with Gasteiger partial charge in [0.1, 0.15) is 11.5 Å². The first-order valence-corrected chi connectivity index (χ1v) is 9.15. The predicted octanol–water partition coefficient (Wildman–Crippen LogP) is 1.87. The monoisotopic (exact) mass is 383 g/mol. The molecule has 28 heavy (non-hydrogen) atoms. The minimum absolute atomic E-state index is 0.170. The number of amides is 1. The molecule has 3 aromatic rings. The molecule has 1 saturated heterocycles. The Morgan fingerprint density at radius 1 is 1.25 bits per heavy atom. The first kappa shape index (κ1) is 18.3. The van der Waals surface area contributed by atoms with Crippen LogP contribution in [0.15, 0.2) is 30.9 Å². The van der Waals surface area contributed by atoms with Gasteiger partial charge in [0.2, 0.25) is 0 Å². The van der Waals surface area contributed by atoms with Gasteiger partial charge >= 0.3 is 0 Å². The van der Waals surface area contributed by atoms with Crippen molar-refractivity contribution in [2.24, 2.45) is 5.92 Å². The second-order valence-electron chi connectivity index (χ2n) is 7.18. The van der Waals surface area contributed by atoms with Crippen LogP contribution in [0.25, 0.3) is 5.65 Å². The largest absolute Gasteiger partial charge is 0.353 e. The van der Waals surface area contributed by atoms with E-state index in [4.69, 9.17) is 0 Å². The van der Waals surface area contributed by atoms with Gasteiger partial charge in [-0.25, -0.2) is 19.3 Å². The van der Waals surface area contributed by atoms with Crippen molar-refractivity contribution >= 4 is 23.1 Å². The quantitative estimate of drug-likeness (QED) is 0.715. The van der Waals surface area contributed by atoms with E-state index in [0.717, 1.165) is 18.9 Å². The highest BCUT2D eigenvalue weighted by molar-refractivity contribution is 6.02. The Morgan fingerprint density at radius 2 is 2.07 bits per heavy atom. The van der Waals surface area contributed by atoms with Crippen LogP contribution in [0.4, 0.5) is 15.9 Å². The molecule has 0 radical (unpaired) electrons. The Hall–Kier alpha value is -3.07. The molecule has 0 bridgehead atoms. The fourth-order valence-electron chi connectivity index (χ4n) is 3.57. The third kappa shape index (κ3) is 3.40. The van der Waals surface area contributed by atoms with Gasteiger partial charge in [0, 0.05) is 37.6 Å². The van der Waals surface area contributed by atoms with Gasteiger partial charge in [-0.1, -0.05) is 6.92 Å². The van der Waals surface area contributed by atoms with E-state index in [1.807, 2.05) is 7.05 Å². The summed E-state index contributed by atoms with van der Waals surface area (Å²) in [5.41, 5.74) is 1.41. The summed E-state index contributed by atoms with van der Waals surface area (Å²) in [5, 5.41) is 5.96. The number of nitrogens with one attached hydrogen (secondary N) is 2. The SMILES string of the molecule is CN[C@@H]1CN(c2cnc(C(=O)Nc3cc(F)c4nc(C)cn4c3)cn2)C[C@@H]1C. The van der Waals surface area contributed by atoms with E-state index < -0.39 is 11.7 Å².